The Morgan fingerprint density at radius 3 is 2.54 bits per heavy atom. The number of amidine groups is 1. The van der Waals surface area contributed by atoms with Crippen molar-refractivity contribution in [3.8, 4) is 0 Å². The molecule has 0 saturated heterocycles. The van der Waals surface area contributed by atoms with Crippen molar-refractivity contribution < 1.29 is 9.18 Å². The van der Waals surface area contributed by atoms with E-state index < -0.39 is 0 Å². The zero-order chi connectivity index (χ0) is 19.9. The summed E-state index contributed by atoms with van der Waals surface area (Å²) >= 11 is 1.57. The largest absolute Gasteiger partial charge is 0.326 e. The van der Waals surface area contributed by atoms with Gasteiger partial charge >= 0.3 is 0 Å². The van der Waals surface area contributed by atoms with Gasteiger partial charge in [-0.3, -0.25) is 15.2 Å². The van der Waals surface area contributed by atoms with Crippen LogP contribution >= 0.6 is 11.8 Å². The Kier molecular flexibility index (Phi) is 6.81. The van der Waals surface area contributed by atoms with E-state index in [9.17, 15) is 9.18 Å². The molecule has 5 nitrogen and oxygen atoms in total. The first-order valence-corrected chi connectivity index (χ1v) is 10.1. The summed E-state index contributed by atoms with van der Waals surface area (Å²) in [4.78, 5) is 16.3. The van der Waals surface area contributed by atoms with Crippen molar-refractivity contribution in [3.63, 3.8) is 0 Å². The van der Waals surface area contributed by atoms with E-state index in [0.717, 1.165) is 27.7 Å². The molecule has 0 spiro atoms. The fraction of sp³-hybridized carbons (Fsp3) is 0.286. The molecular weight excluding hydrogens is 375 g/mol. The second-order valence-corrected chi connectivity index (χ2v) is 7.89. The standard InChI is InChI=1S/C21H23FN4OS/c1-14(2)11-20(27)24-18-9-5-16(6-10-18)19-13-28-21(26-25-19)23-12-15-3-7-17(22)8-4-15/h3-10,14H,11-13H2,1-2H3,(H,23,26)(H,24,27). The Balaban J connectivity index is 1.56. The highest BCUT2D eigenvalue weighted by Gasteiger charge is 2.13. The molecule has 0 unspecified atom stereocenters. The van der Waals surface area contributed by atoms with Gasteiger partial charge in [0, 0.05) is 17.9 Å². The molecule has 3 rings (SSSR count). The van der Waals surface area contributed by atoms with Crippen molar-refractivity contribution in [1.82, 2.24) is 5.43 Å². The third-order valence-electron chi connectivity index (χ3n) is 4.05. The summed E-state index contributed by atoms with van der Waals surface area (Å²) in [6.07, 6.45) is 0.509. The summed E-state index contributed by atoms with van der Waals surface area (Å²) in [5, 5.41) is 8.05. The molecule has 1 amide bonds. The number of anilines is 1. The molecule has 28 heavy (non-hydrogen) atoms. The van der Waals surface area contributed by atoms with E-state index in [1.807, 2.05) is 38.1 Å². The quantitative estimate of drug-likeness (QED) is 0.758. The molecular formula is C21H23FN4OS. The van der Waals surface area contributed by atoms with Gasteiger partial charge < -0.3 is 5.32 Å². The molecule has 2 N–H and O–H groups in total. The van der Waals surface area contributed by atoms with E-state index in [2.05, 4.69) is 20.8 Å². The van der Waals surface area contributed by atoms with E-state index in [4.69, 9.17) is 0 Å². The predicted octanol–water partition coefficient (Wildman–Crippen LogP) is 4.41. The maximum Gasteiger partial charge on any atom is 0.224 e. The average Bonchev–Trinajstić information content (AvgIpc) is 2.68. The van der Waals surface area contributed by atoms with Crippen LogP contribution in [0.1, 0.15) is 31.4 Å². The van der Waals surface area contributed by atoms with Crippen LogP contribution < -0.4 is 10.7 Å². The Hall–Kier alpha value is -2.67. The molecule has 0 aromatic heterocycles. The number of aliphatic imine (C=N–C) groups is 1. The van der Waals surface area contributed by atoms with Gasteiger partial charge in [-0.15, -0.1) is 0 Å². The van der Waals surface area contributed by atoms with Gasteiger partial charge in [-0.2, -0.15) is 5.10 Å². The highest BCUT2D eigenvalue weighted by molar-refractivity contribution is 8.14. The van der Waals surface area contributed by atoms with Crippen LogP contribution in [0.4, 0.5) is 10.1 Å². The molecule has 0 saturated carbocycles. The number of hydrogen-bond acceptors (Lipinski definition) is 4. The normalized spacial score (nSPS) is 15.3. The van der Waals surface area contributed by atoms with Crippen LogP contribution in [0.3, 0.4) is 0 Å². The fourth-order valence-corrected chi connectivity index (χ4v) is 3.40. The van der Waals surface area contributed by atoms with Crippen LogP contribution in [-0.2, 0) is 11.3 Å². The monoisotopic (exact) mass is 398 g/mol. The molecule has 1 aliphatic rings. The Morgan fingerprint density at radius 2 is 1.93 bits per heavy atom. The van der Waals surface area contributed by atoms with Gasteiger partial charge in [0.25, 0.3) is 0 Å². The number of hydrogen-bond donors (Lipinski definition) is 2. The van der Waals surface area contributed by atoms with E-state index in [-0.39, 0.29) is 11.7 Å². The Bertz CT molecular complexity index is 876. The van der Waals surface area contributed by atoms with E-state index in [1.165, 1.54) is 12.1 Å². The molecule has 0 atom stereocenters. The summed E-state index contributed by atoms with van der Waals surface area (Å²) in [7, 11) is 0. The number of benzene rings is 2. The van der Waals surface area contributed by atoms with Crippen LogP contribution in [0.25, 0.3) is 0 Å². The minimum atomic E-state index is -0.249. The summed E-state index contributed by atoms with van der Waals surface area (Å²) < 4.78 is 12.9. The fourth-order valence-electron chi connectivity index (χ4n) is 2.63. The molecule has 7 heteroatoms. The van der Waals surface area contributed by atoms with E-state index >= 15 is 0 Å². The maximum absolute atomic E-state index is 12.9. The molecule has 0 bridgehead atoms. The van der Waals surface area contributed by atoms with Crippen molar-refractivity contribution in [2.45, 2.75) is 26.8 Å². The van der Waals surface area contributed by atoms with Crippen molar-refractivity contribution in [2.75, 3.05) is 11.1 Å². The number of amides is 1. The first-order chi connectivity index (χ1) is 13.5. The summed E-state index contributed by atoms with van der Waals surface area (Å²) in [5.41, 5.74) is 6.63. The Labute approximate surface area is 168 Å². The second kappa shape index (κ2) is 9.50. The SMILES string of the molecule is CC(C)CC(=O)Nc1ccc(C2=NNC(=NCc3ccc(F)cc3)SC2)cc1. The maximum atomic E-state index is 12.9. The van der Waals surface area contributed by atoms with Crippen LogP contribution in [0.5, 0.6) is 0 Å². The highest BCUT2D eigenvalue weighted by atomic mass is 32.2. The lowest BCUT2D eigenvalue weighted by Crippen LogP contribution is -2.25. The third-order valence-corrected chi connectivity index (χ3v) is 4.96. The number of halogens is 1. The van der Waals surface area contributed by atoms with Crippen molar-refractivity contribution >= 4 is 34.2 Å². The first-order valence-electron chi connectivity index (χ1n) is 9.14. The van der Waals surface area contributed by atoms with Gasteiger partial charge in [0.15, 0.2) is 5.17 Å². The second-order valence-electron chi connectivity index (χ2n) is 6.93. The summed E-state index contributed by atoms with van der Waals surface area (Å²) in [6, 6.07) is 14.0. The van der Waals surface area contributed by atoms with Gasteiger partial charge in [-0.25, -0.2) is 4.39 Å². The molecule has 0 fully saturated rings. The molecule has 0 radical (unpaired) electrons. The van der Waals surface area contributed by atoms with Gasteiger partial charge in [-0.05, 0) is 41.3 Å². The number of carbonyl (C=O) groups is 1. The number of carbonyl (C=O) groups excluding carboxylic acids is 1. The zero-order valence-corrected chi connectivity index (χ0v) is 16.7. The molecule has 2 aromatic carbocycles. The van der Waals surface area contributed by atoms with Crippen molar-refractivity contribution in [3.05, 3.63) is 65.5 Å². The van der Waals surface area contributed by atoms with Crippen LogP contribution in [-0.4, -0.2) is 22.5 Å². The molecule has 146 valence electrons. The minimum absolute atomic E-state index is 0.0250. The average molecular weight is 399 g/mol. The highest BCUT2D eigenvalue weighted by Crippen LogP contribution is 2.17. The Morgan fingerprint density at radius 1 is 1.21 bits per heavy atom. The summed E-state index contributed by atoms with van der Waals surface area (Å²) in [6.45, 7) is 4.52. The van der Waals surface area contributed by atoms with Gasteiger partial charge in [0.2, 0.25) is 5.91 Å². The zero-order valence-electron chi connectivity index (χ0n) is 15.9. The van der Waals surface area contributed by atoms with Crippen molar-refractivity contribution in [1.29, 1.82) is 0 Å². The van der Waals surface area contributed by atoms with Gasteiger partial charge in [0.05, 0.1) is 12.3 Å². The number of rotatable bonds is 6. The smallest absolute Gasteiger partial charge is 0.224 e. The van der Waals surface area contributed by atoms with Crippen LogP contribution in [0.2, 0.25) is 0 Å². The minimum Gasteiger partial charge on any atom is -0.326 e. The van der Waals surface area contributed by atoms with E-state index in [1.54, 1.807) is 23.9 Å². The number of nitrogens with one attached hydrogen (secondary N) is 2. The van der Waals surface area contributed by atoms with Gasteiger partial charge in [0.1, 0.15) is 5.82 Å². The lowest BCUT2D eigenvalue weighted by atomic mass is 10.1. The first kappa shape index (κ1) is 20.1. The summed E-state index contributed by atoms with van der Waals surface area (Å²) in [5.74, 6) is 0.810. The predicted molar refractivity (Wildman–Crippen MR) is 114 cm³/mol. The van der Waals surface area contributed by atoms with E-state index in [0.29, 0.717) is 24.6 Å². The lowest BCUT2D eigenvalue weighted by molar-refractivity contribution is -0.116. The number of hydrazone groups is 1. The molecule has 0 aliphatic carbocycles. The van der Waals surface area contributed by atoms with Crippen LogP contribution in [0, 0.1) is 11.7 Å². The molecule has 1 aliphatic heterocycles. The van der Waals surface area contributed by atoms with Gasteiger partial charge in [-0.1, -0.05) is 49.9 Å². The number of nitrogens with zero attached hydrogens (tertiary/aromatic N) is 2. The molecule has 1 heterocycles. The lowest BCUT2D eigenvalue weighted by Gasteiger charge is -2.15. The van der Waals surface area contributed by atoms with Crippen molar-refractivity contribution in [2.24, 2.45) is 16.0 Å². The topological polar surface area (TPSA) is 65.8 Å². The number of thioether (sulfide) groups is 1. The third kappa shape index (κ3) is 5.92. The molecule has 2 aromatic rings. The van der Waals surface area contributed by atoms with Crippen LogP contribution in [0.15, 0.2) is 58.6 Å².